The summed E-state index contributed by atoms with van der Waals surface area (Å²) in [5, 5.41) is 0. The zero-order chi connectivity index (χ0) is 16.5. The van der Waals surface area contributed by atoms with Gasteiger partial charge in [0.2, 0.25) is 5.91 Å². The van der Waals surface area contributed by atoms with Gasteiger partial charge in [-0.25, -0.2) is 4.98 Å². The van der Waals surface area contributed by atoms with Crippen molar-refractivity contribution in [3.8, 4) is 0 Å². The van der Waals surface area contributed by atoms with Crippen LogP contribution in [0.1, 0.15) is 19.3 Å². The fourth-order valence-electron chi connectivity index (χ4n) is 3.77. The number of anilines is 1. The molecule has 2 aliphatic heterocycles. The van der Waals surface area contributed by atoms with E-state index >= 15 is 0 Å². The van der Waals surface area contributed by atoms with Crippen molar-refractivity contribution in [3.05, 3.63) is 30.5 Å². The van der Waals surface area contributed by atoms with Crippen LogP contribution in [0.2, 0.25) is 0 Å². The average Bonchev–Trinajstić information content (AvgIpc) is 3.02. The van der Waals surface area contributed by atoms with E-state index in [2.05, 4.69) is 9.88 Å². The predicted octanol–water partition coefficient (Wildman–Crippen LogP) is 2.42. The first-order chi connectivity index (χ1) is 11.7. The lowest BCUT2D eigenvalue weighted by molar-refractivity contribution is -0.130. The van der Waals surface area contributed by atoms with Gasteiger partial charge in [0, 0.05) is 38.0 Å². The van der Waals surface area contributed by atoms with E-state index in [9.17, 15) is 9.18 Å². The minimum Gasteiger partial charge on any atom is -0.355 e. The lowest BCUT2D eigenvalue weighted by atomic mass is 10.0. The molecule has 2 aliphatic rings. The maximum absolute atomic E-state index is 12.8. The van der Waals surface area contributed by atoms with Gasteiger partial charge in [0.05, 0.1) is 23.9 Å². The number of carbonyl (C=O) groups is 1. The van der Waals surface area contributed by atoms with Gasteiger partial charge in [-0.1, -0.05) is 12.1 Å². The number of amides is 1. The number of carbonyl (C=O) groups excluding carboxylic acids is 1. The van der Waals surface area contributed by atoms with Crippen LogP contribution in [-0.2, 0) is 4.79 Å². The molecule has 5 nitrogen and oxygen atoms in total. The van der Waals surface area contributed by atoms with Crippen molar-refractivity contribution in [2.75, 3.05) is 31.2 Å². The normalized spacial score (nSPS) is 22.5. The highest BCUT2D eigenvalue weighted by Gasteiger charge is 2.35. The highest BCUT2D eigenvalue weighted by Crippen LogP contribution is 2.27. The number of hydrogen-bond acceptors (Lipinski definition) is 4. The van der Waals surface area contributed by atoms with Gasteiger partial charge in [-0.3, -0.25) is 14.2 Å². The molecule has 6 heteroatoms. The smallest absolute Gasteiger partial charge is 0.223 e. The number of alkyl halides is 1. The van der Waals surface area contributed by atoms with Crippen LogP contribution >= 0.6 is 0 Å². The molecule has 1 aromatic heterocycles. The number of rotatable bonds is 3. The molecule has 0 spiro atoms. The average molecular weight is 328 g/mol. The van der Waals surface area contributed by atoms with Crippen LogP contribution in [0.15, 0.2) is 30.5 Å². The fourth-order valence-corrected chi connectivity index (χ4v) is 3.77. The lowest BCUT2D eigenvalue weighted by Crippen LogP contribution is -2.46. The van der Waals surface area contributed by atoms with Gasteiger partial charge in [-0.2, -0.15) is 0 Å². The van der Waals surface area contributed by atoms with Crippen molar-refractivity contribution in [1.82, 2.24) is 14.9 Å². The van der Waals surface area contributed by atoms with Gasteiger partial charge in [0.1, 0.15) is 5.82 Å². The van der Waals surface area contributed by atoms with E-state index in [1.807, 2.05) is 35.4 Å². The van der Waals surface area contributed by atoms with Crippen molar-refractivity contribution in [2.45, 2.75) is 25.3 Å². The number of likely N-dealkylation sites (tertiary alicyclic amines) is 1. The molecule has 2 aromatic rings. The molecule has 0 N–H and O–H groups in total. The van der Waals surface area contributed by atoms with Crippen LogP contribution in [0.4, 0.5) is 10.2 Å². The molecule has 2 fully saturated rings. The number of nitrogens with zero attached hydrogens (tertiary/aromatic N) is 4. The van der Waals surface area contributed by atoms with Crippen molar-refractivity contribution < 1.29 is 9.18 Å². The predicted molar refractivity (Wildman–Crippen MR) is 90.6 cm³/mol. The fraction of sp³-hybridized carbons (Fsp3) is 0.500. The van der Waals surface area contributed by atoms with Gasteiger partial charge in [-0.15, -0.1) is 0 Å². The van der Waals surface area contributed by atoms with Gasteiger partial charge in [-0.05, 0) is 25.0 Å². The molecule has 126 valence electrons. The third-order valence-electron chi connectivity index (χ3n) is 5.12. The number of para-hydroxylation sites is 2. The van der Waals surface area contributed by atoms with E-state index in [0.717, 1.165) is 42.8 Å². The van der Waals surface area contributed by atoms with Crippen LogP contribution in [0.3, 0.4) is 0 Å². The second kappa shape index (κ2) is 6.34. The topological polar surface area (TPSA) is 49.3 Å². The van der Waals surface area contributed by atoms with Gasteiger partial charge in [0.15, 0.2) is 0 Å². The molecule has 1 amide bonds. The van der Waals surface area contributed by atoms with Crippen molar-refractivity contribution in [2.24, 2.45) is 5.92 Å². The van der Waals surface area contributed by atoms with Crippen LogP contribution in [0.5, 0.6) is 0 Å². The highest BCUT2D eigenvalue weighted by molar-refractivity contribution is 5.79. The standard InChI is InChI=1S/C18H21FN4O/c19-10-13-9-18(24)23(12-13)14-5-7-22(8-6-14)17-11-20-15-3-1-2-4-16(15)21-17/h1-4,11,13-14H,5-10,12H2. The summed E-state index contributed by atoms with van der Waals surface area (Å²) in [6.07, 6.45) is 3.99. The number of hydrogen-bond donors (Lipinski definition) is 0. The molecule has 0 saturated carbocycles. The Bertz CT molecular complexity index is 745. The van der Waals surface area contributed by atoms with Gasteiger partial charge in [0.25, 0.3) is 0 Å². The first kappa shape index (κ1) is 15.3. The van der Waals surface area contributed by atoms with Crippen molar-refractivity contribution >= 4 is 22.8 Å². The molecule has 1 atom stereocenters. The number of fused-ring (bicyclic) bond motifs is 1. The summed E-state index contributed by atoms with van der Waals surface area (Å²) >= 11 is 0. The second-order valence-electron chi connectivity index (χ2n) is 6.71. The van der Waals surface area contributed by atoms with Crippen LogP contribution in [0, 0.1) is 5.92 Å². The molecular formula is C18H21FN4O. The molecule has 3 heterocycles. The Labute approximate surface area is 140 Å². The summed E-state index contributed by atoms with van der Waals surface area (Å²) in [6, 6.07) is 8.09. The Morgan fingerprint density at radius 2 is 1.92 bits per heavy atom. The first-order valence-corrected chi connectivity index (χ1v) is 8.57. The minimum atomic E-state index is -0.395. The van der Waals surface area contributed by atoms with E-state index < -0.39 is 6.67 Å². The summed E-state index contributed by atoms with van der Waals surface area (Å²) in [5.41, 5.74) is 1.80. The van der Waals surface area contributed by atoms with Gasteiger partial charge >= 0.3 is 0 Å². The van der Waals surface area contributed by atoms with Crippen LogP contribution < -0.4 is 4.90 Å². The van der Waals surface area contributed by atoms with Gasteiger partial charge < -0.3 is 9.80 Å². The van der Waals surface area contributed by atoms with Crippen LogP contribution in [-0.4, -0.2) is 53.1 Å². The largest absolute Gasteiger partial charge is 0.355 e. The summed E-state index contributed by atoms with van der Waals surface area (Å²) in [5.74, 6) is 0.894. The third-order valence-corrected chi connectivity index (χ3v) is 5.12. The second-order valence-corrected chi connectivity index (χ2v) is 6.71. The van der Waals surface area contributed by atoms with Crippen molar-refractivity contribution in [1.29, 1.82) is 0 Å². The third kappa shape index (κ3) is 2.81. The highest BCUT2D eigenvalue weighted by atomic mass is 19.1. The maximum Gasteiger partial charge on any atom is 0.223 e. The Kier molecular flexibility index (Phi) is 4.04. The summed E-state index contributed by atoms with van der Waals surface area (Å²) in [6.45, 7) is 1.88. The molecule has 1 aromatic carbocycles. The quantitative estimate of drug-likeness (QED) is 0.868. The number of aromatic nitrogens is 2. The molecular weight excluding hydrogens is 307 g/mol. The maximum atomic E-state index is 12.8. The Morgan fingerprint density at radius 1 is 1.17 bits per heavy atom. The molecule has 0 radical (unpaired) electrons. The summed E-state index contributed by atoms with van der Waals surface area (Å²) in [7, 11) is 0. The number of halogens is 1. The van der Waals surface area contributed by atoms with E-state index in [-0.39, 0.29) is 17.9 Å². The van der Waals surface area contributed by atoms with E-state index in [1.54, 1.807) is 0 Å². The Balaban J connectivity index is 1.43. The zero-order valence-electron chi connectivity index (χ0n) is 13.6. The SMILES string of the molecule is O=C1CC(CF)CN1C1CCN(c2cnc3ccccc3n2)CC1. The zero-order valence-corrected chi connectivity index (χ0v) is 13.6. The van der Waals surface area contributed by atoms with E-state index in [0.29, 0.717) is 13.0 Å². The molecule has 0 bridgehead atoms. The summed E-state index contributed by atoms with van der Waals surface area (Å²) in [4.78, 5) is 25.4. The monoisotopic (exact) mass is 328 g/mol. The molecule has 24 heavy (non-hydrogen) atoms. The minimum absolute atomic E-state index is 0.109. The number of benzene rings is 1. The van der Waals surface area contributed by atoms with Crippen molar-refractivity contribution in [3.63, 3.8) is 0 Å². The van der Waals surface area contributed by atoms with Crippen LogP contribution in [0.25, 0.3) is 11.0 Å². The lowest BCUT2D eigenvalue weighted by Gasteiger charge is -2.37. The molecule has 0 aliphatic carbocycles. The van der Waals surface area contributed by atoms with E-state index in [1.165, 1.54) is 0 Å². The molecule has 1 unspecified atom stereocenters. The van der Waals surface area contributed by atoms with E-state index in [4.69, 9.17) is 4.98 Å². The Hall–Kier alpha value is -2.24. The number of piperidine rings is 1. The molecule has 2 saturated heterocycles. The summed E-state index contributed by atoms with van der Waals surface area (Å²) < 4.78 is 12.8. The first-order valence-electron chi connectivity index (χ1n) is 8.57. The Morgan fingerprint density at radius 3 is 2.62 bits per heavy atom. The molecule has 4 rings (SSSR count).